The van der Waals surface area contributed by atoms with Gasteiger partial charge in [0.25, 0.3) is 5.91 Å². The van der Waals surface area contributed by atoms with Gasteiger partial charge in [-0.15, -0.1) is 0 Å². The molecule has 0 aromatic heterocycles. The maximum Gasteiger partial charge on any atom is 0.365 e. The van der Waals surface area contributed by atoms with E-state index in [-0.39, 0.29) is 12.8 Å². The zero-order chi connectivity index (χ0) is 11.3. The summed E-state index contributed by atoms with van der Waals surface area (Å²) in [7, 11) is 0. The predicted molar refractivity (Wildman–Crippen MR) is 48.0 cm³/mol. The lowest BCUT2D eigenvalue weighted by Crippen LogP contribution is -2.39. The summed E-state index contributed by atoms with van der Waals surface area (Å²) in [4.78, 5) is 32.7. The third kappa shape index (κ3) is 3.45. The molecular weight excluding hydrogens is 202 g/mol. The summed E-state index contributed by atoms with van der Waals surface area (Å²) in [6.07, 6.45) is 0.278. The van der Waals surface area contributed by atoms with Gasteiger partial charge in [0, 0.05) is 6.42 Å². The van der Waals surface area contributed by atoms with Crippen molar-refractivity contribution in [2.75, 3.05) is 6.61 Å². The normalized spacial score (nSPS) is 19.9. The fraction of sp³-hybridized carbons (Fsp3) is 0.625. The van der Waals surface area contributed by atoms with Crippen LogP contribution in [0.4, 0.5) is 4.79 Å². The lowest BCUT2D eigenvalue weighted by atomic mass is 10.1. The van der Waals surface area contributed by atoms with Crippen LogP contribution in [0, 0.1) is 0 Å². The van der Waals surface area contributed by atoms with Crippen molar-refractivity contribution >= 4 is 17.9 Å². The van der Waals surface area contributed by atoms with Gasteiger partial charge in [0.15, 0.2) is 6.04 Å². The number of hydrogen-bond acceptors (Lipinski definition) is 5. The minimum absolute atomic E-state index is 0.0825. The van der Waals surface area contributed by atoms with E-state index in [1.54, 1.807) is 6.92 Å². The van der Waals surface area contributed by atoms with Gasteiger partial charge in [-0.1, -0.05) is 5.11 Å². The largest absolute Gasteiger partial charge is 0.466 e. The van der Waals surface area contributed by atoms with Gasteiger partial charge in [-0.05, 0) is 13.3 Å². The summed E-state index contributed by atoms with van der Waals surface area (Å²) in [5, 5.41) is 8.66. The molecule has 0 fully saturated rings. The molecule has 1 aliphatic rings. The second-order valence-electron chi connectivity index (χ2n) is 2.87. The zero-order valence-corrected chi connectivity index (χ0v) is 8.23. The Morgan fingerprint density at radius 2 is 2.27 bits per heavy atom. The highest BCUT2D eigenvalue weighted by atomic mass is 16.5. The first-order valence-corrected chi connectivity index (χ1v) is 4.54. The van der Waals surface area contributed by atoms with Crippen molar-refractivity contribution in [1.29, 1.82) is 0 Å². The van der Waals surface area contributed by atoms with Crippen LogP contribution in [-0.2, 0) is 14.3 Å². The Balaban J connectivity index is 2.39. The topological polar surface area (TPSA) is 97.2 Å². The molecule has 0 aromatic carbocycles. The molecular formula is C8H11N3O4. The number of esters is 1. The van der Waals surface area contributed by atoms with Crippen LogP contribution in [0.3, 0.4) is 0 Å². The summed E-state index contributed by atoms with van der Waals surface area (Å²) < 4.78 is 4.68. The molecule has 1 rings (SSSR count). The summed E-state index contributed by atoms with van der Waals surface area (Å²) in [5.74, 6) is -0.920. The maximum absolute atomic E-state index is 11.1. The monoisotopic (exact) mass is 213 g/mol. The summed E-state index contributed by atoms with van der Waals surface area (Å²) in [5.41, 5.74) is 0. The first-order valence-electron chi connectivity index (χ1n) is 4.54. The molecule has 7 heteroatoms. The SMILES string of the molecule is CCOC(=O)CCC1N=NC(=O)NC1=O. The Kier molecular flexibility index (Phi) is 3.90. The van der Waals surface area contributed by atoms with E-state index in [0.717, 1.165) is 0 Å². The number of rotatable bonds is 4. The average Bonchev–Trinajstić information content (AvgIpc) is 2.17. The lowest BCUT2D eigenvalue weighted by molar-refractivity contribution is -0.143. The summed E-state index contributed by atoms with van der Waals surface area (Å²) in [6, 6.07) is -1.54. The molecule has 1 heterocycles. The van der Waals surface area contributed by atoms with Gasteiger partial charge in [0.1, 0.15) is 0 Å². The molecule has 0 spiro atoms. The van der Waals surface area contributed by atoms with Crippen molar-refractivity contribution in [3.8, 4) is 0 Å². The number of nitrogens with zero attached hydrogens (tertiary/aromatic N) is 2. The van der Waals surface area contributed by atoms with Gasteiger partial charge in [-0.25, -0.2) is 4.79 Å². The fourth-order valence-corrected chi connectivity index (χ4v) is 1.06. The van der Waals surface area contributed by atoms with E-state index in [0.29, 0.717) is 6.61 Å². The van der Waals surface area contributed by atoms with Crippen molar-refractivity contribution in [3.05, 3.63) is 0 Å². The number of imide groups is 1. The molecule has 1 atom stereocenters. The summed E-state index contributed by atoms with van der Waals surface area (Å²) >= 11 is 0. The van der Waals surface area contributed by atoms with Crippen LogP contribution >= 0.6 is 0 Å². The smallest absolute Gasteiger partial charge is 0.365 e. The Labute approximate surface area is 85.9 Å². The van der Waals surface area contributed by atoms with Gasteiger partial charge >= 0.3 is 12.0 Å². The molecule has 0 bridgehead atoms. The maximum atomic E-state index is 11.1. The molecule has 1 aliphatic heterocycles. The number of carbonyl (C=O) groups excluding carboxylic acids is 3. The van der Waals surface area contributed by atoms with Gasteiger partial charge in [-0.3, -0.25) is 14.9 Å². The standard InChI is InChI=1S/C8H11N3O4/c1-2-15-6(12)4-3-5-7(13)9-8(14)11-10-5/h5H,2-4H2,1H3,(H,9,13,14). The molecule has 0 aromatic rings. The number of ether oxygens (including phenoxy) is 1. The van der Waals surface area contributed by atoms with E-state index in [1.165, 1.54) is 0 Å². The highest BCUT2D eigenvalue weighted by Gasteiger charge is 2.25. The number of hydrogen-bond donors (Lipinski definition) is 1. The van der Waals surface area contributed by atoms with E-state index < -0.39 is 23.9 Å². The number of nitrogens with one attached hydrogen (secondary N) is 1. The highest BCUT2D eigenvalue weighted by molar-refractivity contribution is 5.99. The van der Waals surface area contributed by atoms with Crippen LogP contribution in [0.15, 0.2) is 10.2 Å². The quantitative estimate of drug-likeness (QED) is 0.683. The van der Waals surface area contributed by atoms with Crippen LogP contribution in [0.25, 0.3) is 0 Å². The Morgan fingerprint density at radius 3 is 2.87 bits per heavy atom. The van der Waals surface area contributed by atoms with Gasteiger partial charge in [-0.2, -0.15) is 5.11 Å². The number of amides is 3. The van der Waals surface area contributed by atoms with Crippen LogP contribution in [0.2, 0.25) is 0 Å². The summed E-state index contributed by atoms with van der Waals surface area (Å²) in [6.45, 7) is 2.00. The Hall–Kier alpha value is -1.79. The van der Waals surface area contributed by atoms with Crippen molar-refractivity contribution in [2.45, 2.75) is 25.8 Å². The van der Waals surface area contributed by atoms with E-state index in [2.05, 4.69) is 15.0 Å². The Bertz CT molecular complexity index is 313. The first-order chi connectivity index (χ1) is 7.13. The second kappa shape index (κ2) is 5.18. The van der Waals surface area contributed by atoms with Gasteiger partial charge in [0.05, 0.1) is 6.61 Å². The molecule has 1 unspecified atom stereocenters. The minimum Gasteiger partial charge on any atom is -0.466 e. The van der Waals surface area contributed by atoms with E-state index in [1.807, 2.05) is 5.32 Å². The predicted octanol–water partition coefficient (Wildman–Crippen LogP) is 0.400. The van der Waals surface area contributed by atoms with E-state index in [4.69, 9.17) is 0 Å². The fourth-order valence-electron chi connectivity index (χ4n) is 1.06. The molecule has 1 N–H and O–H groups in total. The molecule has 15 heavy (non-hydrogen) atoms. The number of carbonyl (C=O) groups is 3. The molecule has 0 radical (unpaired) electrons. The minimum atomic E-state index is -0.771. The second-order valence-corrected chi connectivity index (χ2v) is 2.87. The number of azo groups is 1. The zero-order valence-electron chi connectivity index (χ0n) is 8.23. The van der Waals surface area contributed by atoms with Crippen LogP contribution in [-0.4, -0.2) is 30.6 Å². The van der Waals surface area contributed by atoms with Crippen molar-refractivity contribution in [2.24, 2.45) is 10.2 Å². The van der Waals surface area contributed by atoms with Crippen molar-refractivity contribution in [3.63, 3.8) is 0 Å². The molecule has 0 aliphatic carbocycles. The Morgan fingerprint density at radius 1 is 1.53 bits per heavy atom. The van der Waals surface area contributed by atoms with Gasteiger partial charge in [0.2, 0.25) is 0 Å². The molecule has 7 nitrogen and oxygen atoms in total. The van der Waals surface area contributed by atoms with Crippen LogP contribution < -0.4 is 5.32 Å². The van der Waals surface area contributed by atoms with Gasteiger partial charge < -0.3 is 4.74 Å². The third-order valence-electron chi connectivity index (χ3n) is 1.75. The highest BCUT2D eigenvalue weighted by Crippen LogP contribution is 2.08. The lowest BCUT2D eigenvalue weighted by Gasteiger charge is -2.12. The average molecular weight is 213 g/mol. The molecule has 0 saturated carbocycles. The van der Waals surface area contributed by atoms with E-state index >= 15 is 0 Å². The van der Waals surface area contributed by atoms with E-state index in [9.17, 15) is 14.4 Å². The third-order valence-corrected chi connectivity index (χ3v) is 1.75. The van der Waals surface area contributed by atoms with Crippen molar-refractivity contribution < 1.29 is 19.1 Å². The molecule has 82 valence electrons. The first kappa shape index (κ1) is 11.3. The molecule has 3 amide bonds. The van der Waals surface area contributed by atoms with Crippen LogP contribution in [0.5, 0.6) is 0 Å². The van der Waals surface area contributed by atoms with Crippen molar-refractivity contribution in [1.82, 2.24) is 5.32 Å². The van der Waals surface area contributed by atoms with Crippen LogP contribution in [0.1, 0.15) is 19.8 Å². The number of urea groups is 1. The molecule has 0 saturated heterocycles.